The number of pyridine rings is 1. The first-order valence-electron chi connectivity index (χ1n) is 9.56. The molecule has 2 amide bonds. The molecule has 0 bridgehead atoms. The lowest BCUT2D eigenvalue weighted by Gasteiger charge is -2.11. The van der Waals surface area contributed by atoms with Crippen LogP contribution in [-0.2, 0) is 11.3 Å². The molecule has 2 aromatic carbocycles. The van der Waals surface area contributed by atoms with E-state index >= 15 is 0 Å². The van der Waals surface area contributed by atoms with Crippen LogP contribution in [0.5, 0.6) is 11.6 Å². The van der Waals surface area contributed by atoms with E-state index in [9.17, 15) is 9.59 Å². The number of methoxy groups -OCH3 is 1. The fourth-order valence-corrected chi connectivity index (χ4v) is 2.73. The number of rotatable bonds is 10. The molecular formula is C23H23N3O5. The number of hydrogen-bond donors (Lipinski definition) is 2. The minimum absolute atomic E-state index is 0.181. The quantitative estimate of drug-likeness (QED) is 0.487. The van der Waals surface area contributed by atoms with E-state index in [1.54, 1.807) is 61.7 Å². The van der Waals surface area contributed by atoms with E-state index in [-0.39, 0.29) is 12.5 Å². The molecule has 0 spiro atoms. The van der Waals surface area contributed by atoms with Crippen molar-refractivity contribution in [1.82, 2.24) is 4.98 Å². The summed E-state index contributed by atoms with van der Waals surface area (Å²) in [5.41, 5.74) is 7.45. The van der Waals surface area contributed by atoms with Gasteiger partial charge >= 0.3 is 0 Å². The normalized spacial score (nSPS) is 10.4. The average Bonchev–Trinajstić information content (AvgIpc) is 2.79. The molecule has 1 aromatic heterocycles. The van der Waals surface area contributed by atoms with Crippen LogP contribution in [0.15, 0.2) is 66.9 Å². The van der Waals surface area contributed by atoms with Gasteiger partial charge in [0.2, 0.25) is 5.88 Å². The van der Waals surface area contributed by atoms with E-state index in [4.69, 9.17) is 19.9 Å². The van der Waals surface area contributed by atoms with Gasteiger partial charge in [0.25, 0.3) is 11.8 Å². The number of anilines is 1. The van der Waals surface area contributed by atoms with Crippen LogP contribution in [0, 0.1) is 0 Å². The first kappa shape index (κ1) is 21.8. The number of nitrogens with one attached hydrogen (secondary N) is 1. The molecule has 1 heterocycles. The summed E-state index contributed by atoms with van der Waals surface area (Å²) in [5.74, 6) is -0.00383. The SMILES string of the molecule is COCCOc1ccc(NC(=O)c2cccc(COc3ccccc3C(N)=O)c2)cn1. The Kier molecular flexibility index (Phi) is 7.56. The highest BCUT2D eigenvalue weighted by Gasteiger charge is 2.10. The molecule has 0 aliphatic rings. The average molecular weight is 421 g/mol. The van der Waals surface area contributed by atoms with Crippen LogP contribution in [0.1, 0.15) is 26.3 Å². The number of primary amides is 1. The number of hydrogen-bond acceptors (Lipinski definition) is 6. The number of para-hydroxylation sites is 1. The minimum atomic E-state index is -0.563. The van der Waals surface area contributed by atoms with Crippen LogP contribution in [0.4, 0.5) is 5.69 Å². The van der Waals surface area contributed by atoms with E-state index in [2.05, 4.69) is 10.3 Å². The Hall–Kier alpha value is -3.91. The summed E-state index contributed by atoms with van der Waals surface area (Å²) >= 11 is 0. The molecule has 0 saturated carbocycles. The summed E-state index contributed by atoms with van der Waals surface area (Å²) < 4.78 is 16.0. The number of carbonyl (C=O) groups is 2. The zero-order valence-electron chi connectivity index (χ0n) is 17.0. The fourth-order valence-electron chi connectivity index (χ4n) is 2.73. The van der Waals surface area contributed by atoms with Gasteiger partial charge in [0, 0.05) is 18.7 Å². The van der Waals surface area contributed by atoms with Crippen LogP contribution in [0.3, 0.4) is 0 Å². The molecule has 0 aliphatic carbocycles. The summed E-state index contributed by atoms with van der Waals surface area (Å²) in [6.07, 6.45) is 1.52. The summed E-state index contributed by atoms with van der Waals surface area (Å²) in [4.78, 5) is 28.2. The zero-order chi connectivity index (χ0) is 22.1. The highest BCUT2D eigenvalue weighted by Crippen LogP contribution is 2.19. The van der Waals surface area contributed by atoms with Crippen LogP contribution in [0.25, 0.3) is 0 Å². The molecule has 0 saturated heterocycles. The van der Waals surface area contributed by atoms with Gasteiger partial charge in [-0.05, 0) is 35.9 Å². The number of ether oxygens (including phenoxy) is 3. The van der Waals surface area contributed by atoms with Gasteiger partial charge in [-0.1, -0.05) is 24.3 Å². The minimum Gasteiger partial charge on any atom is -0.488 e. The molecule has 0 aliphatic heterocycles. The fraction of sp³-hybridized carbons (Fsp3) is 0.174. The molecule has 0 fully saturated rings. The molecular weight excluding hydrogens is 398 g/mol. The number of nitrogens with two attached hydrogens (primary N) is 1. The topological polar surface area (TPSA) is 113 Å². The predicted molar refractivity (Wildman–Crippen MR) is 115 cm³/mol. The monoisotopic (exact) mass is 421 g/mol. The molecule has 3 rings (SSSR count). The maximum Gasteiger partial charge on any atom is 0.255 e. The highest BCUT2D eigenvalue weighted by atomic mass is 16.5. The molecule has 31 heavy (non-hydrogen) atoms. The van der Waals surface area contributed by atoms with Crippen LogP contribution < -0.4 is 20.5 Å². The number of aromatic nitrogens is 1. The lowest BCUT2D eigenvalue weighted by atomic mass is 10.1. The van der Waals surface area contributed by atoms with E-state index in [0.717, 1.165) is 5.56 Å². The van der Waals surface area contributed by atoms with Crippen molar-refractivity contribution >= 4 is 17.5 Å². The van der Waals surface area contributed by atoms with Gasteiger partial charge in [0.1, 0.15) is 19.0 Å². The van der Waals surface area contributed by atoms with Crippen molar-refractivity contribution in [1.29, 1.82) is 0 Å². The van der Waals surface area contributed by atoms with Gasteiger partial charge in [-0.2, -0.15) is 0 Å². The highest BCUT2D eigenvalue weighted by molar-refractivity contribution is 6.04. The van der Waals surface area contributed by atoms with Crippen molar-refractivity contribution in [3.8, 4) is 11.6 Å². The zero-order valence-corrected chi connectivity index (χ0v) is 17.0. The summed E-state index contributed by atoms with van der Waals surface area (Å²) in [6.45, 7) is 1.04. The molecule has 3 N–H and O–H groups in total. The number of benzene rings is 2. The lowest BCUT2D eigenvalue weighted by molar-refractivity contribution is 0.0994. The maximum absolute atomic E-state index is 12.6. The van der Waals surface area contributed by atoms with Crippen molar-refractivity contribution in [2.24, 2.45) is 5.73 Å². The third kappa shape index (κ3) is 6.28. The maximum atomic E-state index is 12.6. The number of carbonyl (C=O) groups excluding carboxylic acids is 2. The van der Waals surface area contributed by atoms with E-state index in [1.165, 1.54) is 6.20 Å². The molecule has 8 nitrogen and oxygen atoms in total. The van der Waals surface area contributed by atoms with Crippen molar-refractivity contribution < 1.29 is 23.8 Å². The van der Waals surface area contributed by atoms with Gasteiger partial charge in [0.15, 0.2) is 0 Å². The van der Waals surface area contributed by atoms with Gasteiger partial charge in [-0.3, -0.25) is 9.59 Å². The van der Waals surface area contributed by atoms with Crippen molar-refractivity contribution in [2.45, 2.75) is 6.61 Å². The second-order valence-corrected chi connectivity index (χ2v) is 6.53. The molecule has 0 unspecified atom stereocenters. The van der Waals surface area contributed by atoms with E-state index in [0.29, 0.717) is 41.7 Å². The largest absolute Gasteiger partial charge is 0.488 e. The number of amides is 2. The third-order valence-electron chi connectivity index (χ3n) is 4.27. The summed E-state index contributed by atoms with van der Waals surface area (Å²) in [6, 6.07) is 17.1. The Labute approximate surface area is 180 Å². The second kappa shape index (κ2) is 10.7. The van der Waals surface area contributed by atoms with E-state index < -0.39 is 5.91 Å². The first-order valence-corrected chi connectivity index (χ1v) is 9.56. The number of nitrogens with zero attached hydrogens (tertiary/aromatic N) is 1. The molecule has 0 radical (unpaired) electrons. The van der Waals surface area contributed by atoms with Crippen LogP contribution in [-0.4, -0.2) is 37.1 Å². The Morgan fingerprint density at radius 3 is 2.58 bits per heavy atom. The Morgan fingerprint density at radius 2 is 1.84 bits per heavy atom. The first-order chi connectivity index (χ1) is 15.1. The molecule has 160 valence electrons. The van der Waals surface area contributed by atoms with Crippen molar-refractivity contribution in [2.75, 3.05) is 25.6 Å². The van der Waals surface area contributed by atoms with Gasteiger partial charge in [-0.15, -0.1) is 0 Å². The molecule has 3 aromatic rings. The van der Waals surface area contributed by atoms with Gasteiger partial charge in [-0.25, -0.2) is 4.98 Å². The van der Waals surface area contributed by atoms with Crippen LogP contribution in [0.2, 0.25) is 0 Å². The van der Waals surface area contributed by atoms with Gasteiger partial charge in [0.05, 0.1) is 24.1 Å². The summed E-state index contributed by atoms with van der Waals surface area (Å²) in [7, 11) is 1.59. The smallest absolute Gasteiger partial charge is 0.255 e. The Morgan fingerprint density at radius 1 is 1.00 bits per heavy atom. The summed E-state index contributed by atoms with van der Waals surface area (Å²) in [5, 5.41) is 2.79. The lowest BCUT2D eigenvalue weighted by Crippen LogP contribution is -2.14. The van der Waals surface area contributed by atoms with Crippen molar-refractivity contribution in [3.05, 3.63) is 83.6 Å². The molecule has 8 heteroatoms. The predicted octanol–water partition coefficient (Wildman–Crippen LogP) is 3.04. The standard InChI is InChI=1S/C23H23N3O5/c1-29-11-12-30-21-10-9-18(14-25-21)26-23(28)17-6-4-5-16(13-17)15-31-20-8-3-2-7-19(20)22(24)27/h2-10,13-14H,11-12,15H2,1H3,(H2,24,27)(H,26,28). The second-order valence-electron chi connectivity index (χ2n) is 6.53. The molecule has 0 atom stereocenters. The van der Waals surface area contributed by atoms with Gasteiger partial charge < -0.3 is 25.3 Å². The Balaban J connectivity index is 1.61. The third-order valence-corrected chi connectivity index (χ3v) is 4.27. The van der Waals surface area contributed by atoms with Crippen LogP contribution >= 0.6 is 0 Å². The Bertz CT molecular complexity index is 1040. The van der Waals surface area contributed by atoms with E-state index in [1.807, 2.05) is 6.07 Å². The van der Waals surface area contributed by atoms with Crippen molar-refractivity contribution in [3.63, 3.8) is 0 Å².